The number of nitrogens with one attached hydrogen (secondary N) is 1. The number of alkyl halides is 2. The van der Waals surface area contributed by atoms with Crippen LogP contribution in [0.2, 0.25) is 0 Å². The van der Waals surface area contributed by atoms with Crippen molar-refractivity contribution in [1.29, 1.82) is 0 Å². The Bertz CT molecular complexity index is 719. The Kier molecular flexibility index (Phi) is 4.64. The maximum atomic E-state index is 12.8. The van der Waals surface area contributed by atoms with Crippen LogP contribution in [0.3, 0.4) is 0 Å². The van der Waals surface area contributed by atoms with Crippen LogP contribution < -0.4 is 10.1 Å². The molecular weight excluding hydrogens is 314 g/mol. The number of anilines is 1. The minimum Gasteiger partial charge on any atom is -0.435 e. The second kappa shape index (κ2) is 6.86. The topological polar surface area (TPSA) is 41.6 Å². The van der Waals surface area contributed by atoms with Crippen LogP contribution in [0.5, 0.6) is 5.75 Å². The molecular formula is C18H18F2N2O2. The van der Waals surface area contributed by atoms with Gasteiger partial charge in [-0.25, -0.2) is 0 Å². The van der Waals surface area contributed by atoms with Gasteiger partial charge in [0, 0.05) is 12.2 Å². The number of para-hydroxylation sites is 1. The lowest BCUT2D eigenvalue weighted by Gasteiger charge is -2.38. The van der Waals surface area contributed by atoms with Crippen molar-refractivity contribution in [2.45, 2.75) is 26.1 Å². The van der Waals surface area contributed by atoms with E-state index in [0.717, 1.165) is 17.7 Å². The molecule has 126 valence electrons. The standard InChI is InChI=1S/C18H18F2N2O2/c1-2-11-22-16(12-7-9-13(10-8-12)24-18(19)20)21-15-6-4-3-5-14(15)17(22)23/h3-10,16,18,21H,2,11H2,1H3/t16-/m1/s1. The summed E-state index contributed by atoms with van der Waals surface area (Å²) < 4.78 is 28.9. The van der Waals surface area contributed by atoms with Gasteiger partial charge in [-0.05, 0) is 36.2 Å². The van der Waals surface area contributed by atoms with Crippen LogP contribution >= 0.6 is 0 Å². The first kappa shape index (κ1) is 16.2. The van der Waals surface area contributed by atoms with Crippen LogP contribution in [0, 0.1) is 0 Å². The molecule has 24 heavy (non-hydrogen) atoms. The van der Waals surface area contributed by atoms with Crippen LogP contribution in [0.1, 0.15) is 35.4 Å². The predicted octanol–water partition coefficient (Wildman–Crippen LogP) is 4.26. The Morgan fingerprint density at radius 2 is 1.88 bits per heavy atom. The number of hydrogen-bond donors (Lipinski definition) is 1. The van der Waals surface area contributed by atoms with Gasteiger partial charge < -0.3 is 15.0 Å². The van der Waals surface area contributed by atoms with E-state index in [0.29, 0.717) is 12.1 Å². The molecule has 0 aliphatic carbocycles. The molecule has 0 saturated carbocycles. The molecule has 2 aromatic rings. The second-order valence-electron chi connectivity index (χ2n) is 5.54. The molecule has 1 amide bonds. The fourth-order valence-corrected chi connectivity index (χ4v) is 2.86. The van der Waals surface area contributed by atoms with Gasteiger partial charge >= 0.3 is 6.61 Å². The number of amides is 1. The van der Waals surface area contributed by atoms with Crippen molar-refractivity contribution in [2.24, 2.45) is 0 Å². The van der Waals surface area contributed by atoms with Crippen molar-refractivity contribution >= 4 is 11.6 Å². The predicted molar refractivity (Wildman–Crippen MR) is 87.2 cm³/mol. The number of carbonyl (C=O) groups is 1. The number of fused-ring (bicyclic) bond motifs is 1. The molecule has 6 heteroatoms. The Labute approximate surface area is 139 Å². The highest BCUT2D eigenvalue weighted by Gasteiger charge is 2.32. The molecule has 0 aromatic heterocycles. The smallest absolute Gasteiger partial charge is 0.387 e. The van der Waals surface area contributed by atoms with Crippen molar-refractivity contribution in [2.75, 3.05) is 11.9 Å². The van der Waals surface area contributed by atoms with Crippen molar-refractivity contribution < 1.29 is 18.3 Å². The van der Waals surface area contributed by atoms with Gasteiger partial charge in [-0.2, -0.15) is 8.78 Å². The van der Waals surface area contributed by atoms with Crippen LogP contribution in [-0.2, 0) is 0 Å². The van der Waals surface area contributed by atoms with Crippen LogP contribution in [0.25, 0.3) is 0 Å². The van der Waals surface area contributed by atoms with Crippen LogP contribution in [0.15, 0.2) is 48.5 Å². The highest BCUT2D eigenvalue weighted by Crippen LogP contribution is 2.33. The Morgan fingerprint density at radius 3 is 2.54 bits per heavy atom. The molecule has 0 fully saturated rings. The number of carbonyl (C=O) groups excluding carboxylic acids is 1. The third kappa shape index (κ3) is 3.18. The molecule has 0 unspecified atom stereocenters. The average molecular weight is 332 g/mol. The highest BCUT2D eigenvalue weighted by molar-refractivity contribution is 6.01. The Hall–Kier alpha value is -2.63. The first-order valence-corrected chi connectivity index (χ1v) is 7.81. The molecule has 1 N–H and O–H groups in total. The van der Waals surface area contributed by atoms with E-state index >= 15 is 0 Å². The second-order valence-corrected chi connectivity index (χ2v) is 5.54. The number of halogens is 2. The molecule has 1 aliphatic heterocycles. The largest absolute Gasteiger partial charge is 0.435 e. The molecule has 0 bridgehead atoms. The van der Waals surface area contributed by atoms with E-state index in [-0.39, 0.29) is 17.8 Å². The van der Waals surface area contributed by atoms with Gasteiger partial charge in [0.1, 0.15) is 11.9 Å². The van der Waals surface area contributed by atoms with E-state index in [4.69, 9.17) is 0 Å². The summed E-state index contributed by atoms with van der Waals surface area (Å²) in [6.45, 7) is -0.251. The zero-order chi connectivity index (χ0) is 17.1. The van der Waals surface area contributed by atoms with Crippen molar-refractivity contribution in [3.8, 4) is 5.75 Å². The third-order valence-electron chi connectivity index (χ3n) is 3.91. The van der Waals surface area contributed by atoms with E-state index in [1.807, 2.05) is 25.1 Å². The van der Waals surface area contributed by atoms with E-state index in [1.54, 1.807) is 23.1 Å². The maximum Gasteiger partial charge on any atom is 0.387 e. The number of hydrogen-bond acceptors (Lipinski definition) is 3. The lowest BCUT2D eigenvalue weighted by atomic mass is 10.0. The number of rotatable bonds is 5. The van der Waals surface area contributed by atoms with Gasteiger partial charge in [0.25, 0.3) is 5.91 Å². The lowest BCUT2D eigenvalue weighted by molar-refractivity contribution is -0.0498. The van der Waals surface area contributed by atoms with Gasteiger partial charge in [-0.15, -0.1) is 0 Å². The first-order chi connectivity index (χ1) is 11.6. The molecule has 0 saturated heterocycles. The van der Waals surface area contributed by atoms with Gasteiger partial charge in [0.15, 0.2) is 0 Å². The Balaban J connectivity index is 1.91. The molecule has 0 radical (unpaired) electrons. The summed E-state index contributed by atoms with van der Waals surface area (Å²) in [5.41, 5.74) is 2.22. The van der Waals surface area contributed by atoms with Crippen LogP contribution in [-0.4, -0.2) is 24.0 Å². The summed E-state index contributed by atoms with van der Waals surface area (Å²) in [6, 6.07) is 13.7. The SMILES string of the molecule is CCCN1C(=O)c2ccccc2N[C@H]1c1ccc(OC(F)F)cc1. The maximum absolute atomic E-state index is 12.8. The van der Waals surface area contributed by atoms with E-state index in [1.165, 1.54) is 12.1 Å². The van der Waals surface area contributed by atoms with Crippen molar-refractivity contribution in [3.05, 3.63) is 59.7 Å². The number of nitrogens with zero attached hydrogens (tertiary/aromatic N) is 1. The molecule has 2 aromatic carbocycles. The molecule has 4 nitrogen and oxygen atoms in total. The summed E-state index contributed by atoms with van der Waals surface area (Å²) in [4.78, 5) is 14.5. The number of ether oxygens (including phenoxy) is 1. The summed E-state index contributed by atoms with van der Waals surface area (Å²) in [5, 5.41) is 3.35. The van der Waals surface area contributed by atoms with Crippen LogP contribution in [0.4, 0.5) is 14.5 Å². The first-order valence-electron chi connectivity index (χ1n) is 7.81. The van der Waals surface area contributed by atoms with E-state index in [2.05, 4.69) is 10.1 Å². The summed E-state index contributed by atoms with van der Waals surface area (Å²) in [5.74, 6) is 0.0578. The summed E-state index contributed by atoms with van der Waals surface area (Å²) >= 11 is 0. The molecule has 1 atom stereocenters. The zero-order valence-electron chi connectivity index (χ0n) is 13.2. The Morgan fingerprint density at radius 1 is 1.17 bits per heavy atom. The third-order valence-corrected chi connectivity index (χ3v) is 3.91. The fraction of sp³-hybridized carbons (Fsp3) is 0.278. The average Bonchev–Trinajstić information content (AvgIpc) is 2.58. The normalized spacial score (nSPS) is 16.8. The summed E-state index contributed by atoms with van der Waals surface area (Å²) in [6.07, 6.45) is 0.478. The fourth-order valence-electron chi connectivity index (χ4n) is 2.86. The van der Waals surface area contributed by atoms with E-state index in [9.17, 15) is 13.6 Å². The van der Waals surface area contributed by atoms with Gasteiger partial charge in [-0.1, -0.05) is 31.2 Å². The van der Waals surface area contributed by atoms with E-state index < -0.39 is 6.61 Å². The van der Waals surface area contributed by atoms with Gasteiger partial charge in [0.2, 0.25) is 0 Å². The lowest BCUT2D eigenvalue weighted by Crippen LogP contribution is -2.43. The van der Waals surface area contributed by atoms with Gasteiger partial charge in [-0.3, -0.25) is 4.79 Å². The minimum absolute atomic E-state index is 0.0379. The van der Waals surface area contributed by atoms with Crippen molar-refractivity contribution in [3.63, 3.8) is 0 Å². The minimum atomic E-state index is -2.85. The summed E-state index contributed by atoms with van der Waals surface area (Å²) in [7, 11) is 0. The van der Waals surface area contributed by atoms with Gasteiger partial charge in [0.05, 0.1) is 5.56 Å². The number of benzene rings is 2. The molecule has 1 aliphatic rings. The van der Waals surface area contributed by atoms with Crippen molar-refractivity contribution in [1.82, 2.24) is 4.90 Å². The molecule has 0 spiro atoms. The molecule has 1 heterocycles. The highest BCUT2D eigenvalue weighted by atomic mass is 19.3. The monoisotopic (exact) mass is 332 g/mol. The molecule has 3 rings (SSSR count). The zero-order valence-corrected chi connectivity index (χ0v) is 13.2. The quantitative estimate of drug-likeness (QED) is 0.889.